The monoisotopic (exact) mass is 183 g/mol. The van der Waals surface area contributed by atoms with Gasteiger partial charge in [0.1, 0.15) is 0 Å². The van der Waals surface area contributed by atoms with E-state index in [0.717, 1.165) is 6.42 Å². The van der Waals surface area contributed by atoms with Crippen LogP contribution in [0.3, 0.4) is 0 Å². The van der Waals surface area contributed by atoms with E-state index in [0.29, 0.717) is 0 Å². The number of aromatic amines is 1. The second-order valence-corrected chi connectivity index (χ2v) is 4.21. The topological polar surface area (TPSA) is 15.8 Å². The van der Waals surface area contributed by atoms with Gasteiger partial charge in [0.2, 0.25) is 0 Å². The lowest BCUT2D eigenvalue weighted by atomic mass is 10.0. The second-order valence-electron chi connectivity index (χ2n) is 4.21. The molecule has 0 aliphatic heterocycles. The van der Waals surface area contributed by atoms with Crippen LogP contribution in [0.15, 0.2) is 23.8 Å². The highest BCUT2D eigenvalue weighted by Gasteiger charge is 2.13. The van der Waals surface area contributed by atoms with Gasteiger partial charge in [0.15, 0.2) is 0 Å². The highest BCUT2D eigenvalue weighted by atomic mass is 14.7. The van der Waals surface area contributed by atoms with Crippen LogP contribution in [0.25, 0.3) is 17.0 Å². The number of nitrogens with one attached hydrogen (secondary N) is 1. The van der Waals surface area contributed by atoms with E-state index in [1.807, 2.05) is 0 Å². The summed E-state index contributed by atoms with van der Waals surface area (Å²) in [6, 6.07) is 6.64. The Morgan fingerprint density at radius 3 is 2.93 bits per heavy atom. The van der Waals surface area contributed by atoms with Crippen molar-refractivity contribution < 1.29 is 0 Å². The molecule has 0 saturated carbocycles. The van der Waals surface area contributed by atoms with Gasteiger partial charge in [-0.05, 0) is 43.5 Å². The maximum atomic E-state index is 3.38. The van der Waals surface area contributed by atoms with Crippen LogP contribution >= 0.6 is 0 Å². The van der Waals surface area contributed by atoms with E-state index in [1.165, 1.54) is 33.3 Å². The number of rotatable bonds is 0. The summed E-state index contributed by atoms with van der Waals surface area (Å²) in [7, 11) is 0. The molecular weight excluding hydrogens is 170 g/mol. The minimum absolute atomic E-state index is 1.12. The van der Waals surface area contributed by atoms with Gasteiger partial charge in [0.25, 0.3) is 0 Å². The summed E-state index contributed by atoms with van der Waals surface area (Å²) in [6.45, 7) is 4.31. The molecule has 3 rings (SSSR count). The Bertz CT molecular complexity index is 544. The normalized spacial score (nSPS) is 14.6. The van der Waals surface area contributed by atoms with Crippen molar-refractivity contribution in [2.75, 3.05) is 0 Å². The van der Waals surface area contributed by atoms with Gasteiger partial charge < -0.3 is 4.98 Å². The second kappa shape index (κ2) is 2.50. The van der Waals surface area contributed by atoms with Gasteiger partial charge in [-0.15, -0.1) is 0 Å². The average molecular weight is 183 g/mol. The van der Waals surface area contributed by atoms with E-state index in [-0.39, 0.29) is 0 Å². The molecule has 0 saturated heterocycles. The standard InChI is InChI=1S/C13H13N/c1-8-5-10-3-4-13-12(11(10)6-8)7-9(2)14-13/h3-5,7,14H,6H2,1-2H3. The molecule has 0 fully saturated rings. The van der Waals surface area contributed by atoms with Crippen molar-refractivity contribution in [1.82, 2.24) is 4.98 Å². The maximum Gasteiger partial charge on any atom is 0.0459 e. The van der Waals surface area contributed by atoms with Crippen LogP contribution in [-0.4, -0.2) is 4.98 Å². The van der Waals surface area contributed by atoms with E-state index in [2.05, 4.69) is 43.1 Å². The maximum absolute atomic E-state index is 3.38. The molecule has 1 heteroatoms. The molecule has 70 valence electrons. The number of benzene rings is 1. The first kappa shape index (κ1) is 7.86. The van der Waals surface area contributed by atoms with Crippen LogP contribution in [-0.2, 0) is 6.42 Å². The molecule has 1 aromatic carbocycles. The Morgan fingerprint density at radius 2 is 2.07 bits per heavy atom. The molecule has 0 unspecified atom stereocenters. The van der Waals surface area contributed by atoms with Crippen molar-refractivity contribution in [3.8, 4) is 0 Å². The van der Waals surface area contributed by atoms with E-state index >= 15 is 0 Å². The Hall–Kier alpha value is -1.50. The smallest absolute Gasteiger partial charge is 0.0459 e. The fourth-order valence-corrected chi connectivity index (χ4v) is 2.35. The molecule has 1 nitrogen and oxygen atoms in total. The highest BCUT2D eigenvalue weighted by Crippen LogP contribution is 2.31. The summed E-state index contributed by atoms with van der Waals surface area (Å²) in [5.74, 6) is 0. The van der Waals surface area contributed by atoms with Gasteiger partial charge in [-0.2, -0.15) is 0 Å². The number of H-pyrrole nitrogens is 1. The third-order valence-corrected chi connectivity index (χ3v) is 2.94. The number of aryl methyl sites for hydroxylation is 1. The van der Waals surface area contributed by atoms with E-state index in [1.54, 1.807) is 0 Å². The summed E-state index contributed by atoms with van der Waals surface area (Å²) in [4.78, 5) is 3.38. The Balaban J connectivity index is 2.37. The lowest BCUT2D eigenvalue weighted by Crippen LogP contribution is -1.83. The molecule has 2 aromatic rings. The molecule has 0 bridgehead atoms. The SMILES string of the molecule is CC1=Cc2ccc3[nH]c(C)cc3c2C1. The average Bonchev–Trinajstić information content (AvgIpc) is 2.65. The van der Waals surface area contributed by atoms with Crippen molar-refractivity contribution in [3.63, 3.8) is 0 Å². The Labute approximate surface area is 83.5 Å². The van der Waals surface area contributed by atoms with E-state index in [9.17, 15) is 0 Å². The Kier molecular flexibility index (Phi) is 1.41. The van der Waals surface area contributed by atoms with Gasteiger partial charge >= 0.3 is 0 Å². The zero-order chi connectivity index (χ0) is 9.71. The fourth-order valence-electron chi connectivity index (χ4n) is 2.35. The van der Waals surface area contributed by atoms with Crippen LogP contribution in [0.2, 0.25) is 0 Å². The van der Waals surface area contributed by atoms with Crippen LogP contribution in [0, 0.1) is 6.92 Å². The predicted octanol–water partition coefficient (Wildman–Crippen LogP) is 3.44. The lowest BCUT2D eigenvalue weighted by molar-refractivity contribution is 1.21. The Morgan fingerprint density at radius 1 is 1.21 bits per heavy atom. The van der Waals surface area contributed by atoms with Crippen molar-refractivity contribution in [2.24, 2.45) is 0 Å². The van der Waals surface area contributed by atoms with Crippen LogP contribution < -0.4 is 0 Å². The number of aromatic nitrogens is 1. The lowest BCUT2D eigenvalue weighted by Gasteiger charge is -1.99. The van der Waals surface area contributed by atoms with Gasteiger partial charge in [-0.25, -0.2) is 0 Å². The van der Waals surface area contributed by atoms with Crippen molar-refractivity contribution in [1.29, 1.82) is 0 Å². The molecule has 14 heavy (non-hydrogen) atoms. The van der Waals surface area contributed by atoms with Crippen LogP contribution in [0.5, 0.6) is 0 Å². The minimum Gasteiger partial charge on any atom is -0.359 e. The number of allylic oxidation sites excluding steroid dienone is 1. The molecule has 1 aliphatic carbocycles. The van der Waals surface area contributed by atoms with Crippen molar-refractivity contribution in [3.05, 3.63) is 40.6 Å². The summed E-state index contributed by atoms with van der Waals surface area (Å²) in [5, 5.41) is 1.40. The molecule has 1 aliphatic rings. The summed E-state index contributed by atoms with van der Waals surface area (Å²) >= 11 is 0. The van der Waals surface area contributed by atoms with Gasteiger partial charge in [-0.3, -0.25) is 0 Å². The minimum atomic E-state index is 1.12. The largest absolute Gasteiger partial charge is 0.359 e. The number of fused-ring (bicyclic) bond motifs is 3. The van der Waals surface area contributed by atoms with Crippen LogP contribution in [0.4, 0.5) is 0 Å². The molecule has 1 aromatic heterocycles. The first-order valence-electron chi connectivity index (χ1n) is 5.02. The molecule has 0 atom stereocenters. The summed E-state index contributed by atoms with van der Waals surface area (Å²) < 4.78 is 0. The van der Waals surface area contributed by atoms with E-state index in [4.69, 9.17) is 0 Å². The number of hydrogen-bond acceptors (Lipinski definition) is 0. The molecular formula is C13H13N. The summed E-state index contributed by atoms with van der Waals surface area (Å²) in [5.41, 5.74) is 6.87. The van der Waals surface area contributed by atoms with Gasteiger partial charge in [-0.1, -0.05) is 17.7 Å². The quantitative estimate of drug-likeness (QED) is 0.644. The third-order valence-electron chi connectivity index (χ3n) is 2.94. The van der Waals surface area contributed by atoms with E-state index < -0.39 is 0 Å². The van der Waals surface area contributed by atoms with Crippen molar-refractivity contribution in [2.45, 2.75) is 20.3 Å². The first-order valence-corrected chi connectivity index (χ1v) is 5.02. The first-order chi connectivity index (χ1) is 6.74. The van der Waals surface area contributed by atoms with Crippen molar-refractivity contribution >= 4 is 17.0 Å². The highest BCUT2D eigenvalue weighted by molar-refractivity contribution is 5.89. The summed E-state index contributed by atoms with van der Waals surface area (Å²) in [6.07, 6.45) is 3.40. The van der Waals surface area contributed by atoms with Gasteiger partial charge in [0, 0.05) is 16.6 Å². The van der Waals surface area contributed by atoms with Crippen LogP contribution in [0.1, 0.15) is 23.7 Å². The zero-order valence-electron chi connectivity index (χ0n) is 8.52. The van der Waals surface area contributed by atoms with Gasteiger partial charge in [0.05, 0.1) is 0 Å². The fraction of sp³-hybridized carbons (Fsp3) is 0.231. The molecule has 1 N–H and O–H groups in total. The molecule has 0 amide bonds. The molecule has 1 heterocycles. The third kappa shape index (κ3) is 0.955. The zero-order valence-corrected chi connectivity index (χ0v) is 8.52. The number of hydrogen-bond donors (Lipinski definition) is 1. The predicted molar refractivity (Wildman–Crippen MR) is 60.4 cm³/mol. The molecule has 0 radical (unpaired) electrons. The molecule has 0 spiro atoms.